The Hall–Kier alpha value is -2.47. The number of thiazole rings is 1. The van der Waals surface area contributed by atoms with E-state index in [1.807, 2.05) is 18.5 Å². The Morgan fingerprint density at radius 3 is 2.83 bits per heavy atom. The molecule has 0 radical (unpaired) electrons. The Bertz CT molecular complexity index is 835. The molecule has 0 unspecified atom stereocenters. The molecule has 0 aliphatic rings. The first-order valence-electron chi connectivity index (χ1n) is 7.94. The van der Waals surface area contributed by atoms with Crippen molar-refractivity contribution >= 4 is 28.2 Å². The molecule has 0 saturated carbocycles. The van der Waals surface area contributed by atoms with Crippen molar-refractivity contribution in [1.29, 1.82) is 0 Å². The number of aliphatic imine (C=N–C) groups is 1. The van der Waals surface area contributed by atoms with Gasteiger partial charge in [-0.2, -0.15) is 0 Å². The summed E-state index contributed by atoms with van der Waals surface area (Å²) in [5.74, 6) is 0.788. The number of hydrogen-bond donors (Lipinski definition) is 2. The van der Waals surface area contributed by atoms with Gasteiger partial charge in [-0.15, -0.1) is 11.3 Å². The Morgan fingerprint density at radius 2 is 2.04 bits per heavy atom. The van der Waals surface area contributed by atoms with Gasteiger partial charge < -0.3 is 10.6 Å². The molecule has 0 saturated heterocycles. The minimum atomic E-state index is 0.688. The van der Waals surface area contributed by atoms with Gasteiger partial charge in [0.25, 0.3) is 0 Å². The highest BCUT2D eigenvalue weighted by atomic mass is 32.1. The molecule has 0 bridgehead atoms. The summed E-state index contributed by atoms with van der Waals surface area (Å²) in [7, 11) is 1.78. The van der Waals surface area contributed by atoms with Crippen molar-refractivity contribution in [3.63, 3.8) is 0 Å². The van der Waals surface area contributed by atoms with Crippen LogP contribution in [0.4, 0.5) is 0 Å². The van der Waals surface area contributed by atoms with Gasteiger partial charge >= 0.3 is 0 Å². The predicted octanol–water partition coefficient (Wildman–Crippen LogP) is 2.91. The Kier molecular flexibility index (Phi) is 5.38. The average molecular weight is 339 g/mol. The van der Waals surface area contributed by atoms with E-state index in [1.165, 1.54) is 15.8 Å². The number of aromatic nitrogens is 2. The topological polar surface area (TPSA) is 62.2 Å². The fourth-order valence-corrected chi connectivity index (χ4v) is 3.27. The van der Waals surface area contributed by atoms with Crippen LogP contribution < -0.4 is 10.6 Å². The van der Waals surface area contributed by atoms with E-state index in [4.69, 9.17) is 0 Å². The van der Waals surface area contributed by atoms with Gasteiger partial charge in [0.05, 0.1) is 12.1 Å². The van der Waals surface area contributed by atoms with Crippen LogP contribution in [0.15, 0.2) is 47.7 Å². The van der Waals surface area contributed by atoms with Crippen molar-refractivity contribution in [2.45, 2.75) is 19.9 Å². The van der Waals surface area contributed by atoms with Gasteiger partial charge in [0.2, 0.25) is 0 Å². The Morgan fingerprint density at radius 1 is 1.17 bits per heavy atom. The number of fused-ring (bicyclic) bond motifs is 1. The number of rotatable bonds is 5. The lowest BCUT2D eigenvalue weighted by molar-refractivity contribution is 0.793. The van der Waals surface area contributed by atoms with Gasteiger partial charge in [-0.3, -0.25) is 9.98 Å². The second kappa shape index (κ2) is 7.88. The number of nitrogens with zero attached hydrogens (tertiary/aromatic N) is 3. The first-order valence-corrected chi connectivity index (χ1v) is 8.76. The summed E-state index contributed by atoms with van der Waals surface area (Å²) in [5, 5.41) is 8.88. The van der Waals surface area contributed by atoms with E-state index in [1.54, 1.807) is 18.4 Å². The number of benzene rings is 1. The van der Waals surface area contributed by atoms with Crippen LogP contribution >= 0.6 is 11.3 Å². The lowest BCUT2D eigenvalue weighted by atomic mass is 10.1. The number of nitrogens with one attached hydrogen (secondary N) is 2. The molecular formula is C18H21N5S. The molecule has 3 rings (SSSR count). The summed E-state index contributed by atoms with van der Waals surface area (Å²) >= 11 is 1.70. The highest BCUT2D eigenvalue weighted by Crippen LogP contribution is 2.16. The lowest BCUT2D eigenvalue weighted by Gasteiger charge is -2.11. The zero-order valence-electron chi connectivity index (χ0n) is 13.9. The van der Waals surface area contributed by atoms with Gasteiger partial charge in [-0.1, -0.05) is 24.3 Å². The third-order valence-corrected chi connectivity index (χ3v) is 4.62. The number of guanidine groups is 1. The van der Waals surface area contributed by atoms with E-state index in [0.29, 0.717) is 6.54 Å². The number of hydrogen-bond acceptors (Lipinski definition) is 4. The molecule has 5 nitrogen and oxygen atoms in total. The van der Waals surface area contributed by atoms with E-state index in [-0.39, 0.29) is 0 Å². The van der Waals surface area contributed by atoms with Crippen LogP contribution in [0.1, 0.15) is 15.4 Å². The zero-order chi connectivity index (χ0) is 16.8. The molecule has 1 aromatic carbocycles. The Labute approximate surface area is 145 Å². The molecule has 0 aliphatic carbocycles. The van der Waals surface area contributed by atoms with Crippen molar-refractivity contribution in [3.8, 4) is 0 Å². The summed E-state index contributed by atoms with van der Waals surface area (Å²) in [4.78, 5) is 14.3. The van der Waals surface area contributed by atoms with Crippen LogP contribution in [0, 0.1) is 6.92 Å². The van der Waals surface area contributed by atoms with Crippen LogP contribution in [0.5, 0.6) is 0 Å². The van der Waals surface area contributed by atoms with Gasteiger partial charge in [-0.05, 0) is 25.0 Å². The van der Waals surface area contributed by atoms with E-state index >= 15 is 0 Å². The largest absolute Gasteiger partial charge is 0.356 e. The molecule has 0 fully saturated rings. The molecule has 124 valence electrons. The minimum absolute atomic E-state index is 0.688. The molecule has 2 heterocycles. The fourth-order valence-electron chi connectivity index (χ4n) is 2.55. The van der Waals surface area contributed by atoms with Crippen LogP contribution in [-0.2, 0) is 13.0 Å². The molecule has 6 heteroatoms. The zero-order valence-corrected chi connectivity index (χ0v) is 14.7. The second-order valence-corrected chi connectivity index (χ2v) is 6.78. The van der Waals surface area contributed by atoms with E-state index in [0.717, 1.165) is 29.4 Å². The molecule has 3 aromatic rings. The molecule has 2 aromatic heterocycles. The van der Waals surface area contributed by atoms with Crippen molar-refractivity contribution < 1.29 is 0 Å². The van der Waals surface area contributed by atoms with Gasteiger partial charge in [0.15, 0.2) is 5.96 Å². The van der Waals surface area contributed by atoms with Gasteiger partial charge in [-0.25, -0.2) is 4.98 Å². The van der Waals surface area contributed by atoms with Crippen molar-refractivity contribution in [2.24, 2.45) is 4.99 Å². The molecule has 0 amide bonds. The number of pyridine rings is 1. The maximum absolute atomic E-state index is 4.50. The second-order valence-electron chi connectivity index (χ2n) is 5.46. The molecule has 0 spiro atoms. The summed E-state index contributed by atoms with van der Waals surface area (Å²) in [6, 6.07) is 10.4. The summed E-state index contributed by atoms with van der Waals surface area (Å²) in [6.07, 6.45) is 4.63. The quantitative estimate of drug-likeness (QED) is 0.554. The van der Waals surface area contributed by atoms with Crippen molar-refractivity contribution in [1.82, 2.24) is 20.6 Å². The SMILES string of the molecule is CN=C(NCCc1cccc2cccnc12)NCc1ncc(C)s1. The fraction of sp³-hybridized carbons (Fsp3) is 0.278. The molecule has 0 aliphatic heterocycles. The smallest absolute Gasteiger partial charge is 0.191 e. The summed E-state index contributed by atoms with van der Waals surface area (Å²) in [6.45, 7) is 3.55. The van der Waals surface area contributed by atoms with Crippen LogP contribution in [0.3, 0.4) is 0 Å². The monoisotopic (exact) mass is 339 g/mol. The lowest BCUT2D eigenvalue weighted by Crippen LogP contribution is -2.37. The Balaban J connectivity index is 1.54. The number of para-hydroxylation sites is 1. The van der Waals surface area contributed by atoms with E-state index in [2.05, 4.69) is 56.8 Å². The third kappa shape index (κ3) is 4.08. The molecule has 0 atom stereocenters. The van der Waals surface area contributed by atoms with Crippen LogP contribution in [-0.4, -0.2) is 29.5 Å². The maximum Gasteiger partial charge on any atom is 0.191 e. The first-order chi connectivity index (χ1) is 11.8. The third-order valence-electron chi connectivity index (χ3n) is 3.70. The van der Waals surface area contributed by atoms with E-state index < -0.39 is 0 Å². The molecule has 24 heavy (non-hydrogen) atoms. The maximum atomic E-state index is 4.50. The van der Waals surface area contributed by atoms with Gasteiger partial charge in [0, 0.05) is 36.2 Å². The normalized spacial score (nSPS) is 11.7. The van der Waals surface area contributed by atoms with Crippen molar-refractivity contribution in [3.05, 3.63) is 58.2 Å². The molecular weight excluding hydrogens is 318 g/mol. The number of aryl methyl sites for hydroxylation is 1. The van der Waals surface area contributed by atoms with Gasteiger partial charge in [0.1, 0.15) is 5.01 Å². The molecule has 2 N–H and O–H groups in total. The summed E-state index contributed by atoms with van der Waals surface area (Å²) < 4.78 is 0. The first kappa shape index (κ1) is 16.4. The van der Waals surface area contributed by atoms with Crippen molar-refractivity contribution in [2.75, 3.05) is 13.6 Å². The van der Waals surface area contributed by atoms with Crippen LogP contribution in [0.25, 0.3) is 10.9 Å². The van der Waals surface area contributed by atoms with Crippen LogP contribution in [0.2, 0.25) is 0 Å². The average Bonchev–Trinajstić information content (AvgIpc) is 3.03. The standard InChI is InChI=1S/C18H21N5S/c1-13-11-22-16(24-13)12-23-18(19-2)21-10-8-15-6-3-5-14-7-4-9-20-17(14)15/h3-7,9,11H,8,10,12H2,1-2H3,(H2,19,21,23). The predicted molar refractivity (Wildman–Crippen MR) is 100 cm³/mol. The minimum Gasteiger partial charge on any atom is -0.356 e. The highest BCUT2D eigenvalue weighted by Gasteiger charge is 2.04. The summed E-state index contributed by atoms with van der Waals surface area (Å²) in [5.41, 5.74) is 2.31. The highest BCUT2D eigenvalue weighted by molar-refractivity contribution is 7.11. The van der Waals surface area contributed by atoms with E-state index in [9.17, 15) is 0 Å².